The average molecular weight is 276 g/mol. The Morgan fingerprint density at radius 3 is 2.75 bits per heavy atom. The van der Waals surface area contributed by atoms with Crippen LogP contribution in [0.25, 0.3) is 0 Å². The monoisotopic (exact) mass is 276 g/mol. The molecule has 0 aliphatic rings. The molecule has 5 heteroatoms. The molecule has 1 aromatic carbocycles. The van der Waals surface area contributed by atoms with E-state index in [1.165, 1.54) is 0 Å². The van der Waals surface area contributed by atoms with E-state index >= 15 is 0 Å². The topological polar surface area (TPSA) is 79.5 Å². The van der Waals surface area contributed by atoms with E-state index < -0.39 is 0 Å². The summed E-state index contributed by atoms with van der Waals surface area (Å²) in [5, 5.41) is 5.95. The fourth-order valence-electron chi connectivity index (χ4n) is 1.72. The predicted molar refractivity (Wildman–Crippen MR) is 83.5 cm³/mol. The summed E-state index contributed by atoms with van der Waals surface area (Å²) in [6, 6.07) is 7.68. The van der Waals surface area contributed by atoms with Crippen molar-refractivity contribution in [3.63, 3.8) is 0 Å². The summed E-state index contributed by atoms with van der Waals surface area (Å²) in [4.78, 5) is 15.8. The summed E-state index contributed by atoms with van der Waals surface area (Å²) in [6.07, 6.45) is 1.54. The van der Waals surface area contributed by atoms with Crippen LogP contribution in [0.1, 0.15) is 32.3 Å². The molecule has 0 saturated heterocycles. The van der Waals surface area contributed by atoms with Gasteiger partial charge in [0.15, 0.2) is 5.96 Å². The number of nitrogens with two attached hydrogens (primary N) is 1. The van der Waals surface area contributed by atoms with Gasteiger partial charge in [-0.15, -0.1) is 0 Å². The normalized spacial score (nSPS) is 12.8. The highest BCUT2D eigenvalue weighted by Gasteiger charge is 2.09. The average Bonchev–Trinajstić information content (AvgIpc) is 2.45. The number of hydrogen-bond donors (Lipinski definition) is 3. The number of benzene rings is 1. The second-order valence-electron chi connectivity index (χ2n) is 4.89. The Bertz CT molecular complexity index is 471. The maximum absolute atomic E-state index is 11.9. The number of amides is 1. The van der Waals surface area contributed by atoms with Gasteiger partial charge in [-0.25, -0.2) is 0 Å². The molecular formula is C15H24N4O. The maximum atomic E-state index is 11.9. The number of carbonyl (C=O) groups excluding carboxylic acids is 1. The van der Waals surface area contributed by atoms with Crippen LogP contribution in [-0.2, 0) is 11.3 Å². The second-order valence-corrected chi connectivity index (χ2v) is 4.89. The highest BCUT2D eigenvalue weighted by molar-refractivity contribution is 5.91. The van der Waals surface area contributed by atoms with Crippen molar-refractivity contribution in [1.29, 1.82) is 0 Å². The van der Waals surface area contributed by atoms with Crippen molar-refractivity contribution in [3.05, 3.63) is 29.8 Å². The molecule has 0 spiro atoms. The lowest BCUT2D eigenvalue weighted by Crippen LogP contribution is -2.31. The van der Waals surface area contributed by atoms with Gasteiger partial charge in [0.2, 0.25) is 5.91 Å². The number of para-hydroxylation sites is 1. The lowest BCUT2D eigenvalue weighted by Gasteiger charge is -2.13. The standard InChI is InChI=1S/C15H24N4O/c1-4-11(2)9-14(20)19-13-8-6-5-7-12(13)10-18-15(16)17-3/h5-8,11H,4,9-10H2,1-3H3,(H,19,20)(H3,16,17,18). The molecule has 1 unspecified atom stereocenters. The van der Waals surface area contributed by atoms with Crippen molar-refractivity contribution in [3.8, 4) is 0 Å². The molecule has 0 aliphatic heterocycles. The molecule has 5 nitrogen and oxygen atoms in total. The van der Waals surface area contributed by atoms with Gasteiger partial charge in [-0.3, -0.25) is 9.79 Å². The van der Waals surface area contributed by atoms with Crippen LogP contribution in [0.2, 0.25) is 0 Å². The zero-order chi connectivity index (χ0) is 15.0. The first kappa shape index (κ1) is 16.0. The molecule has 0 saturated carbocycles. The Kier molecular flexibility index (Phi) is 6.56. The number of rotatable bonds is 6. The van der Waals surface area contributed by atoms with Gasteiger partial charge >= 0.3 is 0 Å². The SMILES string of the molecule is CCC(C)CC(=O)Nc1ccccc1CNC(N)=NC. The van der Waals surface area contributed by atoms with E-state index in [0.717, 1.165) is 17.7 Å². The number of aliphatic imine (C=N–C) groups is 1. The van der Waals surface area contributed by atoms with E-state index in [1.807, 2.05) is 24.3 Å². The zero-order valence-corrected chi connectivity index (χ0v) is 12.4. The highest BCUT2D eigenvalue weighted by atomic mass is 16.1. The largest absolute Gasteiger partial charge is 0.370 e. The third-order valence-corrected chi connectivity index (χ3v) is 3.22. The Balaban J connectivity index is 2.67. The van der Waals surface area contributed by atoms with Crippen LogP contribution in [0.4, 0.5) is 5.69 Å². The van der Waals surface area contributed by atoms with Crippen molar-refractivity contribution in [2.45, 2.75) is 33.2 Å². The van der Waals surface area contributed by atoms with E-state index in [4.69, 9.17) is 5.73 Å². The van der Waals surface area contributed by atoms with E-state index in [9.17, 15) is 4.79 Å². The Morgan fingerprint density at radius 2 is 2.10 bits per heavy atom. The first-order chi connectivity index (χ1) is 9.56. The molecule has 0 aromatic heterocycles. The van der Waals surface area contributed by atoms with E-state index in [1.54, 1.807) is 7.05 Å². The summed E-state index contributed by atoms with van der Waals surface area (Å²) in [7, 11) is 1.63. The van der Waals surface area contributed by atoms with Crippen molar-refractivity contribution < 1.29 is 4.79 Å². The molecule has 0 bridgehead atoms. The minimum Gasteiger partial charge on any atom is -0.370 e. The lowest BCUT2D eigenvalue weighted by atomic mass is 10.0. The number of anilines is 1. The summed E-state index contributed by atoms with van der Waals surface area (Å²) in [5.41, 5.74) is 7.41. The molecule has 110 valence electrons. The molecular weight excluding hydrogens is 252 g/mol. The first-order valence-electron chi connectivity index (χ1n) is 6.90. The maximum Gasteiger partial charge on any atom is 0.224 e. The number of guanidine groups is 1. The molecule has 0 radical (unpaired) electrons. The van der Waals surface area contributed by atoms with Crippen molar-refractivity contribution in [1.82, 2.24) is 5.32 Å². The van der Waals surface area contributed by atoms with Gasteiger partial charge < -0.3 is 16.4 Å². The molecule has 1 aromatic rings. The molecule has 1 amide bonds. The minimum absolute atomic E-state index is 0.0453. The Hall–Kier alpha value is -2.04. The van der Waals surface area contributed by atoms with Crippen LogP contribution in [0.5, 0.6) is 0 Å². The highest BCUT2D eigenvalue weighted by Crippen LogP contribution is 2.16. The summed E-state index contributed by atoms with van der Waals surface area (Å²) >= 11 is 0. The van der Waals surface area contributed by atoms with Crippen molar-refractivity contribution in [2.24, 2.45) is 16.6 Å². The predicted octanol–water partition coefficient (Wildman–Crippen LogP) is 2.10. The van der Waals surface area contributed by atoms with Gasteiger partial charge in [-0.05, 0) is 17.5 Å². The van der Waals surface area contributed by atoms with Crippen molar-refractivity contribution >= 4 is 17.6 Å². The van der Waals surface area contributed by atoms with Gasteiger partial charge in [0, 0.05) is 25.7 Å². The molecule has 1 rings (SSSR count). The van der Waals surface area contributed by atoms with Crippen LogP contribution in [0.15, 0.2) is 29.3 Å². The van der Waals surface area contributed by atoms with Gasteiger partial charge in [-0.2, -0.15) is 0 Å². The van der Waals surface area contributed by atoms with Gasteiger partial charge in [0.1, 0.15) is 0 Å². The first-order valence-corrected chi connectivity index (χ1v) is 6.90. The third-order valence-electron chi connectivity index (χ3n) is 3.22. The second kappa shape index (κ2) is 8.19. The molecule has 1 atom stereocenters. The fraction of sp³-hybridized carbons (Fsp3) is 0.467. The molecule has 0 aliphatic carbocycles. The van der Waals surface area contributed by atoms with Crippen LogP contribution >= 0.6 is 0 Å². The van der Waals surface area contributed by atoms with E-state index in [-0.39, 0.29) is 5.91 Å². The van der Waals surface area contributed by atoms with Gasteiger partial charge in [0.25, 0.3) is 0 Å². The van der Waals surface area contributed by atoms with Crippen LogP contribution in [-0.4, -0.2) is 18.9 Å². The Labute approximate surface area is 120 Å². The minimum atomic E-state index is 0.0453. The smallest absolute Gasteiger partial charge is 0.224 e. The van der Waals surface area contributed by atoms with Crippen molar-refractivity contribution in [2.75, 3.05) is 12.4 Å². The summed E-state index contributed by atoms with van der Waals surface area (Å²) in [5.74, 6) is 0.817. The van der Waals surface area contributed by atoms with Crippen LogP contribution in [0, 0.1) is 5.92 Å². The summed E-state index contributed by atoms with van der Waals surface area (Å²) in [6.45, 7) is 4.69. The van der Waals surface area contributed by atoms with E-state index in [0.29, 0.717) is 24.8 Å². The Morgan fingerprint density at radius 1 is 1.40 bits per heavy atom. The molecule has 0 fully saturated rings. The van der Waals surface area contributed by atoms with E-state index in [2.05, 4.69) is 29.5 Å². The number of carbonyl (C=O) groups is 1. The molecule has 4 N–H and O–H groups in total. The summed E-state index contributed by atoms with van der Waals surface area (Å²) < 4.78 is 0. The van der Waals surface area contributed by atoms with Gasteiger partial charge in [0.05, 0.1) is 0 Å². The number of nitrogens with one attached hydrogen (secondary N) is 2. The van der Waals surface area contributed by atoms with Gasteiger partial charge in [-0.1, -0.05) is 38.5 Å². The van der Waals surface area contributed by atoms with Crippen LogP contribution < -0.4 is 16.4 Å². The quantitative estimate of drug-likeness (QED) is 0.550. The molecule has 0 heterocycles. The number of hydrogen-bond acceptors (Lipinski definition) is 2. The zero-order valence-electron chi connectivity index (χ0n) is 12.4. The number of nitrogens with zero attached hydrogens (tertiary/aromatic N) is 1. The lowest BCUT2D eigenvalue weighted by molar-refractivity contribution is -0.117. The molecule has 20 heavy (non-hydrogen) atoms. The fourth-order valence-corrected chi connectivity index (χ4v) is 1.72. The third kappa shape index (κ3) is 5.30. The van der Waals surface area contributed by atoms with Crippen LogP contribution in [0.3, 0.4) is 0 Å².